The Labute approximate surface area is 122 Å². The summed E-state index contributed by atoms with van der Waals surface area (Å²) in [7, 11) is 1.88. The van der Waals surface area contributed by atoms with Crippen LogP contribution in [0.1, 0.15) is 16.2 Å². The van der Waals surface area contributed by atoms with E-state index in [-0.39, 0.29) is 5.91 Å². The molecule has 110 valence electrons. The van der Waals surface area contributed by atoms with Gasteiger partial charge in [0.25, 0.3) is 5.91 Å². The predicted octanol–water partition coefficient (Wildman–Crippen LogP) is 0.592. The molecule has 0 fully saturated rings. The summed E-state index contributed by atoms with van der Waals surface area (Å²) in [4.78, 5) is 12.3. The third-order valence-electron chi connectivity index (χ3n) is 3.36. The highest BCUT2D eigenvalue weighted by Crippen LogP contribution is 2.30. The first-order valence-corrected chi connectivity index (χ1v) is 6.86. The van der Waals surface area contributed by atoms with Gasteiger partial charge in [-0.1, -0.05) is 6.07 Å². The van der Waals surface area contributed by atoms with Crippen LogP contribution in [0.3, 0.4) is 0 Å². The Bertz CT molecular complexity index is 653. The number of hydrogen-bond acceptors (Lipinski definition) is 5. The number of nitrogens with zero attached hydrogens (tertiary/aromatic N) is 3. The highest BCUT2D eigenvalue weighted by atomic mass is 16.5. The van der Waals surface area contributed by atoms with Crippen molar-refractivity contribution >= 4 is 11.6 Å². The van der Waals surface area contributed by atoms with Crippen LogP contribution in [0.4, 0.5) is 5.69 Å². The number of aryl methyl sites for hydroxylation is 1. The zero-order valence-corrected chi connectivity index (χ0v) is 11.8. The monoisotopic (exact) mass is 287 g/mol. The number of amides is 1. The van der Waals surface area contributed by atoms with E-state index in [1.165, 1.54) is 0 Å². The Morgan fingerprint density at radius 1 is 1.52 bits per heavy atom. The van der Waals surface area contributed by atoms with E-state index in [2.05, 4.69) is 20.8 Å². The number of aromatic nitrogens is 3. The van der Waals surface area contributed by atoms with Gasteiger partial charge < -0.3 is 19.9 Å². The summed E-state index contributed by atoms with van der Waals surface area (Å²) in [6.45, 7) is 1.82. The van der Waals surface area contributed by atoms with Crippen molar-refractivity contribution in [2.45, 2.75) is 6.42 Å². The second-order valence-corrected chi connectivity index (χ2v) is 4.82. The van der Waals surface area contributed by atoms with Crippen molar-refractivity contribution in [2.75, 3.05) is 25.0 Å². The molecule has 3 rings (SSSR count). The Hall–Kier alpha value is -2.57. The molecule has 2 aromatic rings. The Morgan fingerprint density at radius 3 is 3.24 bits per heavy atom. The normalized spacial score (nSPS) is 13.0. The van der Waals surface area contributed by atoms with Gasteiger partial charge in [-0.3, -0.25) is 4.79 Å². The molecule has 1 amide bonds. The SMILES string of the molecule is Cn1cnnc1CCNC(=O)c1cccc2c1OCCN2. The third-order valence-corrected chi connectivity index (χ3v) is 3.36. The maximum Gasteiger partial charge on any atom is 0.255 e. The molecule has 7 nitrogen and oxygen atoms in total. The van der Waals surface area contributed by atoms with E-state index in [0.717, 1.165) is 18.1 Å². The third kappa shape index (κ3) is 2.81. The minimum Gasteiger partial charge on any atom is -0.489 e. The lowest BCUT2D eigenvalue weighted by molar-refractivity contribution is 0.0950. The molecule has 0 unspecified atom stereocenters. The average Bonchev–Trinajstić information content (AvgIpc) is 2.92. The van der Waals surface area contributed by atoms with Crippen LogP contribution < -0.4 is 15.4 Å². The van der Waals surface area contributed by atoms with Crippen molar-refractivity contribution in [3.8, 4) is 5.75 Å². The van der Waals surface area contributed by atoms with E-state index in [4.69, 9.17) is 4.74 Å². The van der Waals surface area contributed by atoms with Crippen molar-refractivity contribution in [3.63, 3.8) is 0 Å². The van der Waals surface area contributed by atoms with Gasteiger partial charge in [-0.25, -0.2) is 0 Å². The summed E-state index contributed by atoms with van der Waals surface area (Å²) in [5.41, 5.74) is 1.42. The molecule has 0 spiro atoms. The molecule has 0 atom stereocenters. The number of fused-ring (bicyclic) bond motifs is 1. The van der Waals surface area contributed by atoms with Crippen molar-refractivity contribution in [3.05, 3.63) is 35.9 Å². The summed E-state index contributed by atoms with van der Waals surface area (Å²) in [5.74, 6) is 1.32. The highest BCUT2D eigenvalue weighted by molar-refractivity contribution is 5.98. The Morgan fingerprint density at radius 2 is 2.43 bits per heavy atom. The van der Waals surface area contributed by atoms with E-state index in [0.29, 0.717) is 30.9 Å². The van der Waals surface area contributed by atoms with Crippen LogP contribution >= 0.6 is 0 Å². The van der Waals surface area contributed by atoms with Gasteiger partial charge >= 0.3 is 0 Å². The zero-order chi connectivity index (χ0) is 14.7. The number of para-hydroxylation sites is 1. The van der Waals surface area contributed by atoms with Gasteiger partial charge in [-0.15, -0.1) is 10.2 Å². The predicted molar refractivity (Wildman–Crippen MR) is 77.5 cm³/mol. The summed E-state index contributed by atoms with van der Waals surface area (Å²) in [6.07, 6.45) is 2.28. The maximum absolute atomic E-state index is 12.3. The fraction of sp³-hybridized carbons (Fsp3) is 0.357. The van der Waals surface area contributed by atoms with Crippen LogP contribution in [-0.2, 0) is 13.5 Å². The van der Waals surface area contributed by atoms with Crippen LogP contribution in [0.25, 0.3) is 0 Å². The summed E-state index contributed by atoms with van der Waals surface area (Å²) in [6, 6.07) is 5.52. The van der Waals surface area contributed by atoms with Crippen molar-refractivity contribution in [2.24, 2.45) is 7.05 Å². The summed E-state index contributed by atoms with van der Waals surface area (Å²) >= 11 is 0. The number of nitrogens with one attached hydrogen (secondary N) is 2. The summed E-state index contributed by atoms with van der Waals surface area (Å²) in [5, 5.41) is 13.9. The molecule has 0 bridgehead atoms. The largest absolute Gasteiger partial charge is 0.489 e. The van der Waals surface area contributed by atoms with Gasteiger partial charge in [0.2, 0.25) is 0 Å². The van der Waals surface area contributed by atoms with Gasteiger partial charge in [0, 0.05) is 26.6 Å². The van der Waals surface area contributed by atoms with E-state index < -0.39 is 0 Å². The summed E-state index contributed by atoms with van der Waals surface area (Å²) < 4.78 is 7.43. The quantitative estimate of drug-likeness (QED) is 0.860. The highest BCUT2D eigenvalue weighted by Gasteiger charge is 2.18. The molecule has 7 heteroatoms. The molecular formula is C14H17N5O2. The van der Waals surface area contributed by atoms with E-state index >= 15 is 0 Å². The minimum absolute atomic E-state index is 0.141. The molecule has 1 aromatic carbocycles. The fourth-order valence-corrected chi connectivity index (χ4v) is 2.27. The van der Waals surface area contributed by atoms with Gasteiger partial charge in [-0.2, -0.15) is 0 Å². The van der Waals surface area contributed by atoms with Crippen LogP contribution in [0, 0.1) is 0 Å². The van der Waals surface area contributed by atoms with Crippen molar-refractivity contribution in [1.82, 2.24) is 20.1 Å². The molecule has 1 aromatic heterocycles. The lowest BCUT2D eigenvalue weighted by Crippen LogP contribution is -2.28. The molecular weight excluding hydrogens is 270 g/mol. The molecule has 1 aliphatic rings. The first-order chi connectivity index (χ1) is 10.3. The Kier molecular flexibility index (Phi) is 3.72. The smallest absolute Gasteiger partial charge is 0.255 e. The number of ether oxygens (including phenoxy) is 1. The molecule has 0 aliphatic carbocycles. The molecule has 1 aliphatic heterocycles. The number of hydrogen-bond donors (Lipinski definition) is 2. The van der Waals surface area contributed by atoms with Gasteiger partial charge in [0.15, 0.2) is 5.75 Å². The first-order valence-electron chi connectivity index (χ1n) is 6.86. The second-order valence-electron chi connectivity index (χ2n) is 4.82. The standard InChI is InChI=1S/C14H17N5O2/c1-19-9-17-18-12(19)5-6-16-14(20)10-3-2-4-11-13(10)21-8-7-15-11/h2-4,9,15H,5-8H2,1H3,(H,16,20). The topological polar surface area (TPSA) is 81.1 Å². The Balaban J connectivity index is 1.64. The zero-order valence-electron chi connectivity index (χ0n) is 11.8. The molecule has 2 N–H and O–H groups in total. The molecule has 0 saturated heterocycles. The molecule has 21 heavy (non-hydrogen) atoms. The lowest BCUT2D eigenvalue weighted by Gasteiger charge is -2.21. The molecule has 0 saturated carbocycles. The van der Waals surface area contributed by atoms with Crippen LogP contribution in [0.2, 0.25) is 0 Å². The molecule has 2 heterocycles. The number of carbonyl (C=O) groups excluding carboxylic acids is 1. The van der Waals surface area contributed by atoms with Gasteiger partial charge in [-0.05, 0) is 12.1 Å². The van der Waals surface area contributed by atoms with E-state index in [1.54, 1.807) is 12.4 Å². The van der Waals surface area contributed by atoms with E-state index in [1.807, 2.05) is 23.7 Å². The van der Waals surface area contributed by atoms with Gasteiger partial charge in [0.05, 0.1) is 11.3 Å². The number of rotatable bonds is 4. The van der Waals surface area contributed by atoms with Gasteiger partial charge in [0.1, 0.15) is 18.8 Å². The first kappa shape index (κ1) is 13.4. The van der Waals surface area contributed by atoms with Crippen LogP contribution in [0.15, 0.2) is 24.5 Å². The van der Waals surface area contributed by atoms with Crippen LogP contribution in [-0.4, -0.2) is 40.4 Å². The fourth-order valence-electron chi connectivity index (χ4n) is 2.27. The number of anilines is 1. The van der Waals surface area contributed by atoms with Crippen molar-refractivity contribution < 1.29 is 9.53 Å². The molecule has 0 radical (unpaired) electrons. The van der Waals surface area contributed by atoms with Crippen LogP contribution in [0.5, 0.6) is 5.75 Å². The van der Waals surface area contributed by atoms with Crippen molar-refractivity contribution in [1.29, 1.82) is 0 Å². The maximum atomic E-state index is 12.3. The number of benzene rings is 1. The second kappa shape index (κ2) is 5.82. The lowest BCUT2D eigenvalue weighted by atomic mass is 10.1. The average molecular weight is 287 g/mol. The van der Waals surface area contributed by atoms with E-state index in [9.17, 15) is 4.79 Å². The minimum atomic E-state index is -0.141. The number of carbonyl (C=O) groups is 1.